The van der Waals surface area contributed by atoms with Gasteiger partial charge in [-0.2, -0.15) is 34.4 Å². The molecule has 2 bridgehead atoms. The number of fused-ring (bicyclic) bond motifs is 2. The van der Waals surface area contributed by atoms with Crippen LogP contribution in [0.2, 0.25) is 0 Å². The highest BCUT2D eigenvalue weighted by Gasteiger charge is 2.73. The number of benzene rings is 3. The van der Waals surface area contributed by atoms with Crippen molar-refractivity contribution >= 4 is 30.5 Å². The number of rotatable bonds is 12. The standard InChI is InChI=1S/C30H32F4O6S3/c1-2-18-41(35,36)39-28-21-22-19-23(28)20-27(22)29(31,32)30(33,34)43(37,38)40-42(24-12-6-3-7-13-24,25-14-8-4-9-15-25)26-16-10-5-11-17-26/h3-17,22-23,27-28H,2,18-21H2,1H3. The summed E-state index contributed by atoms with van der Waals surface area (Å²) in [6.07, 6.45) is -1.24. The molecule has 2 aliphatic rings. The summed E-state index contributed by atoms with van der Waals surface area (Å²) < 4.78 is 126. The molecule has 13 heteroatoms. The maximum atomic E-state index is 15.9. The van der Waals surface area contributed by atoms with Gasteiger partial charge < -0.3 is 0 Å². The highest BCUT2D eigenvalue weighted by molar-refractivity contribution is 8.33. The maximum absolute atomic E-state index is 15.9. The Bertz CT molecular complexity index is 1530. The zero-order chi connectivity index (χ0) is 31.1. The predicted molar refractivity (Wildman–Crippen MR) is 155 cm³/mol. The first-order chi connectivity index (χ1) is 20.2. The molecule has 0 aromatic heterocycles. The van der Waals surface area contributed by atoms with Gasteiger partial charge in [0.15, 0.2) is 0 Å². The van der Waals surface area contributed by atoms with Gasteiger partial charge in [-0.1, -0.05) is 61.5 Å². The summed E-state index contributed by atoms with van der Waals surface area (Å²) in [4.78, 5) is 0.676. The van der Waals surface area contributed by atoms with E-state index in [2.05, 4.69) is 0 Å². The van der Waals surface area contributed by atoms with Crippen LogP contribution >= 0.6 is 10.3 Å². The highest BCUT2D eigenvalue weighted by atomic mass is 32.3. The lowest BCUT2D eigenvalue weighted by molar-refractivity contribution is -0.204. The first kappa shape index (κ1) is 32.0. The third-order valence-corrected chi connectivity index (χ3v) is 14.8. The minimum absolute atomic E-state index is 0.0385. The fraction of sp³-hybridized carbons (Fsp3) is 0.400. The largest absolute Gasteiger partial charge is 0.432 e. The highest BCUT2D eigenvalue weighted by Crippen LogP contribution is 2.71. The van der Waals surface area contributed by atoms with Crippen molar-refractivity contribution in [3.05, 3.63) is 91.0 Å². The van der Waals surface area contributed by atoms with Crippen LogP contribution in [0.25, 0.3) is 0 Å². The third kappa shape index (κ3) is 5.74. The van der Waals surface area contributed by atoms with Gasteiger partial charge in [0.25, 0.3) is 10.1 Å². The van der Waals surface area contributed by atoms with Gasteiger partial charge in [0.05, 0.1) is 11.9 Å². The van der Waals surface area contributed by atoms with Crippen LogP contribution in [-0.4, -0.2) is 39.9 Å². The summed E-state index contributed by atoms with van der Waals surface area (Å²) >= 11 is 0. The fourth-order valence-corrected chi connectivity index (χ4v) is 12.7. The van der Waals surface area contributed by atoms with Crippen molar-refractivity contribution in [2.24, 2.45) is 17.8 Å². The molecule has 2 fully saturated rings. The Labute approximate surface area is 251 Å². The summed E-state index contributed by atoms with van der Waals surface area (Å²) in [5.41, 5.74) is 0. The van der Waals surface area contributed by atoms with E-state index in [0.29, 0.717) is 6.42 Å². The Morgan fingerprint density at radius 3 is 1.56 bits per heavy atom. The van der Waals surface area contributed by atoms with Crippen molar-refractivity contribution in [1.82, 2.24) is 0 Å². The SMILES string of the molecule is CCCS(=O)(=O)OC1CC2CC1CC2C(F)(F)C(F)(F)S(=O)(=O)OS(c1ccccc1)(c1ccccc1)c1ccccc1. The van der Waals surface area contributed by atoms with Crippen LogP contribution in [0.3, 0.4) is 0 Å². The van der Waals surface area contributed by atoms with Crippen molar-refractivity contribution in [2.45, 2.75) is 64.6 Å². The quantitative estimate of drug-likeness (QED) is 0.147. The zero-order valence-corrected chi connectivity index (χ0v) is 25.6. The van der Waals surface area contributed by atoms with Crippen molar-refractivity contribution < 1.29 is 42.2 Å². The van der Waals surface area contributed by atoms with Crippen LogP contribution in [0, 0.1) is 17.8 Å². The fourth-order valence-electron chi connectivity index (χ4n) is 6.19. The van der Waals surface area contributed by atoms with Gasteiger partial charge in [0.1, 0.15) is 0 Å². The first-order valence-corrected chi connectivity index (χ1v) is 18.4. The van der Waals surface area contributed by atoms with Gasteiger partial charge in [-0.25, -0.2) is 3.63 Å². The lowest BCUT2D eigenvalue weighted by Crippen LogP contribution is -2.54. The van der Waals surface area contributed by atoms with E-state index in [9.17, 15) is 16.8 Å². The Morgan fingerprint density at radius 1 is 0.698 bits per heavy atom. The summed E-state index contributed by atoms with van der Waals surface area (Å²) in [7, 11) is -13.7. The molecule has 0 amide bonds. The second-order valence-electron chi connectivity index (χ2n) is 10.9. The van der Waals surface area contributed by atoms with E-state index in [1.165, 1.54) is 36.4 Å². The van der Waals surface area contributed by atoms with Gasteiger partial charge in [-0.05, 0) is 84.2 Å². The number of alkyl halides is 4. The van der Waals surface area contributed by atoms with E-state index >= 15 is 17.6 Å². The molecule has 234 valence electrons. The average molecular weight is 661 g/mol. The van der Waals surface area contributed by atoms with Crippen molar-refractivity contribution in [1.29, 1.82) is 0 Å². The number of hydrogen-bond donors (Lipinski definition) is 0. The predicted octanol–water partition coefficient (Wildman–Crippen LogP) is 7.63. The van der Waals surface area contributed by atoms with Crippen LogP contribution < -0.4 is 0 Å². The summed E-state index contributed by atoms with van der Waals surface area (Å²) in [5.74, 6) is -9.02. The van der Waals surface area contributed by atoms with E-state index < -0.39 is 72.0 Å². The van der Waals surface area contributed by atoms with Crippen LogP contribution in [-0.2, 0) is 28.0 Å². The average Bonchev–Trinajstić information content (AvgIpc) is 3.58. The summed E-state index contributed by atoms with van der Waals surface area (Å²) in [5, 5.41) is -5.60. The molecule has 4 atom stereocenters. The molecule has 0 spiro atoms. The molecule has 3 aromatic carbocycles. The smallest absolute Gasteiger partial charge is 0.266 e. The minimum atomic E-state index is -6.30. The van der Waals surface area contributed by atoms with Crippen LogP contribution in [0.4, 0.5) is 17.6 Å². The van der Waals surface area contributed by atoms with Gasteiger partial charge in [0, 0.05) is 20.6 Å². The van der Waals surface area contributed by atoms with E-state index in [4.69, 9.17) is 7.81 Å². The Morgan fingerprint density at radius 2 is 1.16 bits per heavy atom. The molecule has 0 aliphatic heterocycles. The Hall–Kier alpha value is -2.45. The molecule has 2 aliphatic carbocycles. The molecule has 2 saturated carbocycles. The third-order valence-electron chi connectivity index (χ3n) is 8.10. The second kappa shape index (κ2) is 11.8. The van der Waals surface area contributed by atoms with Gasteiger partial charge in [-0.15, -0.1) is 0 Å². The molecule has 5 rings (SSSR count). The van der Waals surface area contributed by atoms with Crippen molar-refractivity contribution in [2.75, 3.05) is 5.75 Å². The minimum Gasteiger partial charge on any atom is -0.266 e. The van der Waals surface area contributed by atoms with E-state index in [1.54, 1.807) is 61.5 Å². The number of halogens is 4. The topological polar surface area (TPSA) is 86.7 Å². The lowest BCUT2D eigenvalue weighted by atomic mass is 9.83. The normalized spacial score (nSPS) is 23.4. The molecule has 0 saturated heterocycles. The molecule has 0 radical (unpaired) electrons. The van der Waals surface area contributed by atoms with Gasteiger partial charge in [0.2, 0.25) is 0 Å². The molecular formula is C30H32F4O6S3. The molecule has 43 heavy (non-hydrogen) atoms. The Kier molecular flexibility index (Phi) is 8.78. The molecule has 0 N–H and O–H groups in total. The van der Waals surface area contributed by atoms with Gasteiger partial charge >= 0.3 is 21.3 Å². The zero-order valence-electron chi connectivity index (χ0n) is 23.2. The molecule has 0 heterocycles. The van der Waals surface area contributed by atoms with E-state index in [-0.39, 0.29) is 33.3 Å². The van der Waals surface area contributed by atoms with Crippen LogP contribution in [0.15, 0.2) is 106 Å². The summed E-state index contributed by atoms with van der Waals surface area (Å²) in [6, 6.07) is 23.6. The van der Waals surface area contributed by atoms with Crippen LogP contribution in [0.5, 0.6) is 0 Å². The monoisotopic (exact) mass is 660 g/mol. The Balaban J connectivity index is 1.51. The molecule has 4 unspecified atom stereocenters. The lowest BCUT2D eigenvalue weighted by Gasteiger charge is -2.42. The molecule has 6 nitrogen and oxygen atoms in total. The molecular weight excluding hydrogens is 629 g/mol. The van der Waals surface area contributed by atoms with Crippen LogP contribution in [0.1, 0.15) is 32.6 Å². The van der Waals surface area contributed by atoms with Gasteiger partial charge in [-0.3, -0.25) is 4.18 Å². The van der Waals surface area contributed by atoms with E-state index in [0.717, 1.165) is 0 Å². The summed E-state index contributed by atoms with van der Waals surface area (Å²) in [6.45, 7) is 1.65. The molecule has 3 aromatic rings. The first-order valence-electron chi connectivity index (χ1n) is 13.9. The maximum Gasteiger partial charge on any atom is 0.432 e. The second-order valence-corrected chi connectivity index (χ2v) is 17.1. The van der Waals surface area contributed by atoms with Crippen molar-refractivity contribution in [3.8, 4) is 0 Å². The van der Waals surface area contributed by atoms with E-state index in [1.807, 2.05) is 0 Å². The van der Waals surface area contributed by atoms with Crippen molar-refractivity contribution in [3.63, 3.8) is 0 Å². The number of hydrogen-bond acceptors (Lipinski definition) is 6.